The van der Waals surface area contributed by atoms with E-state index < -0.39 is 0 Å². The molecule has 0 unspecified atom stereocenters. The monoisotopic (exact) mass is 233 g/mol. The smallest absolute Gasteiger partial charge is 0.251 e. The van der Waals surface area contributed by atoms with Crippen molar-refractivity contribution in [2.75, 3.05) is 6.54 Å². The average Bonchev–Trinajstić information content (AvgIpc) is 2.35. The molecule has 1 aromatic carbocycles. The molecule has 0 fully saturated rings. The summed E-state index contributed by atoms with van der Waals surface area (Å²) >= 11 is 0. The predicted molar refractivity (Wildman–Crippen MR) is 68.0 cm³/mol. The van der Waals surface area contributed by atoms with Crippen molar-refractivity contribution in [2.24, 2.45) is 5.92 Å². The summed E-state index contributed by atoms with van der Waals surface area (Å²) < 4.78 is 0. The number of carbonyl (C=O) groups is 2. The Balaban J connectivity index is 2.67. The number of amides is 1. The molecule has 3 nitrogen and oxygen atoms in total. The molecule has 1 aromatic rings. The second kappa shape index (κ2) is 6.18. The van der Waals surface area contributed by atoms with Crippen LogP contribution >= 0.6 is 0 Å². The normalized spacial score (nSPS) is 10.4. The van der Waals surface area contributed by atoms with Crippen LogP contribution in [0, 0.1) is 5.92 Å². The fourth-order valence-corrected chi connectivity index (χ4v) is 1.52. The lowest BCUT2D eigenvalue weighted by Gasteiger charge is -2.09. The maximum Gasteiger partial charge on any atom is 0.251 e. The Kier molecular flexibility index (Phi) is 4.88. The van der Waals surface area contributed by atoms with Gasteiger partial charge in [-0.3, -0.25) is 9.59 Å². The van der Waals surface area contributed by atoms with E-state index in [1.807, 2.05) is 39.0 Å². The average molecular weight is 233 g/mol. The second-order valence-electron chi connectivity index (χ2n) is 4.31. The van der Waals surface area contributed by atoms with E-state index in [1.165, 1.54) is 0 Å². The molecule has 0 radical (unpaired) electrons. The van der Waals surface area contributed by atoms with Gasteiger partial charge in [0.05, 0.1) is 6.54 Å². The van der Waals surface area contributed by atoms with E-state index in [0.717, 1.165) is 12.0 Å². The highest BCUT2D eigenvalue weighted by Gasteiger charge is 2.12. The van der Waals surface area contributed by atoms with E-state index >= 15 is 0 Å². The molecular formula is C14H19NO2. The van der Waals surface area contributed by atoms with E-state index in [9.17, 15) is 9.59 Å². The molecule has 92 valence electrons. The zero-order valence-corrected chi connectivity index (χ0v) is 10.6. The van der Waals surface area contributed by atoms with Crippen LogP contribution in [-0.4, -0.2) is 18.2 Å². The van der Waals surface area contributed by atoms with Crippen LogP contribution in [0.1, 0.15) is 36.7 Å². The van der Waals surface area contributed by atoms with Crippen LogP contribution in [0.25, 0.3) is 0 Å². The maximum absolute atomic E-state index is 11.9. The molecule has 0 aliphatic heterocycles. The number of Topliss-reactive ketones (excluding diaryl/α,β-unsaturated/α-hetero) is 1. The molecular weight excluding hydrogens is 214 g/mol. The standard InChI is InChI=1S/C14H19NO2/c1-4-11-7-5-6-8-12(11)14(17)15-9-13(16)10(2)3/h5-8,10H,4,9H2,1-3H3,(H,15,17). The minimum absolute atomic E-state index is 0.0447. The number of benzene rings is 1. The number of ketones is 1. The zero-order chi connectivity index (χ0) is 12.8. The Morgan fingerprint density at radius 3 is 2.47 bits per heavy atom. The van der Waals surface area contributed by atoms with Gasteiger partial charge in [0.1, 0.15) is 0 Å². The summed E-state index contributed by atoms with van der Waals surface area (Å²) in [5.74, 6) is -0.166. The fourth-order valence-electron chi connectivity index (χ4n) is 1.52. The Bertz CT molecular complexity index is 410. The molecule has 1 amide bonds. The minimum atomic E-state index is -0.170. The maximum atomic E-state index is 11.9. The predicted octanol–water partition coefficient (Wildman–Crippen LogP) is 2.20. The van der Waals surface area contributed by atoms with Crippen LogP contribution in [0.15, 0.2) is 24.3 Å². The topological polar surface area (TPSA) is 46.2 Å². The van der Waals surface area contributed by atoms with Crippen LogP contribution < -0.4 is 5.32 Å². The molecule has 1 N–H and O–H groups in total. The van der Waals surface area contributed by atoms with Crippen LogP contribution in [0.4, 0.5) is 0 Å². The summed E-state index contributed by atoms with van der Waals surface area (Å²) in [7, 11) is 0. The molecule has 3 heteroatoms. The van der Waals surface area contributed by atoms with Crippen LogP contribution in [0.5, 0.6) is 0 Å². The largest absolute Gasteiger partial charge is 0.345 e. The first-order valence-electron chi connectivity index (χ1n) is 5.95. The molecule has 0 saturated heterocycles. The van der Waals surface area contributed by atoms with Gasteiger partial charge in [0, 0.05) is 11.5 Å². The highest BCUT2D eigenvalue weighted by Crippen LogP contribution is 2.09. The van der Waals surface area contributed by atoms with Crippen LogP contribution in [0.3, 0.4) is 0 Å². The summed E-state index contributed by atoms with van der Waals surface area (Å²) in [4.78, 5) is 23.3. The summed E-state index contributed by atoms with van der Waals surface area (Å²) in [6.07, 6.45) is 0.807. The number of nitrogens with one attached hydrogen (secondary N) is 1. The number of hydrogen-bond acceptors (Lipinski definition) is 2. The van der Waals surface area contributed by atoms with Crippen LogP contribution in [-0.2, 0) is 11.2 Å². The van der Waals surface area contributed by atoms with Crippen molar-refractivity contribution in [3.63, 3.8) is 0 Å². The summed E-state index contributed by atoms with van der Waals surface area (Å²) in [5, 5.41) is 2.67. The van der Waals surface area contributed by atoms with E-state index in [0.29, 0.717) is 5.56 Å². The van der Waals surface area contributed by atoms with Gasteiger partial charge in [0.25, 0.3) is 5.91 Å². The van der Waals surface area contributed by atoms with E-state index in [4.69, 9.17) is 0 Å². The van der Waals surface area contributed by atoms with Crippen molar-refractivity contribution in [3.8, 4) is 0 Å². The first-order valence-corrected chi connectivity index (χ1v) is 5.95. The zero-order valence-electron chi connectivity index (χ0n) is 10.6. The first kappa shape index (κ1) is 13.4. The highest BCUT2D eigenvalue weighted by molar-refractivity contribution is 5.98. The molecule has 0 aliphatic rings. The van der Waals surface area contributed by atoms with E-state index in [-0.39, 0.29) is 24.2 Å². The van der Waals surface area contributed by atoms with Gasteiger partial charge in [-0.1, -0.05) is 39.0 Å². The van der Waals surface area contributed by atoms with Crippen molar-refractivity contribution >= 4 is 11.7 Å². The third-order valence-electron chi connectivity index (χ3n) is 2.71. The number of rotatable bonds is 5. The quantitative estimate of drug-likeness (QED) is 0.847. The van der Waals surface area contributed by atoms with Crippen molar-refractivity contribution in [1.82, 2.24) is 5.32 Å². The molecule has 0 aliphatic carbocycles. The molecule has 0 spiro atoms. The minimum Gasteiger partial charge on any atom is -0.345 e. The summed E-state index contributed by atoms with van der Waals surface area (Å²) in [5.41, 5.74) is 1.66. The summed E-state index contributed by atoms with van der Waals surface area (Å²) in [6.45, 7) is 5.77. The lowest BCUT2D eigenvalue weighted by atomic mass is 10.0. The van der Waals surface area contributed by atoms with Gasteiger partial charge in [-0.15, -0.1) is 0 Å². The Hall–Kier alpha value is -1.64. The fraction of sp³-hybridized carbons (Fsp3) is 0.429. The molecule has 0 bridgehead atoms. The molecule has 0 heterocycles. The van der Waals surface area contributed by atoms with Gasteiger partial charge >= 0.3 is 0 Å². The third kappa shape index (κ3) is 3.70. The van der Waals surface area contributed by atoms with Crippen molar-refractivity contribution in [1.29, 1.82) is 0 Å². The van der Waals surface area contributed by atoms with Gasteiger partial charge in [-0.25, -0.2) is 0 Å². The molecule has 17 heavy (non-hydrogen) atoms. The summed E-state index contributed by atoms with van der Waals surface area (Å²) in [6, 6.07) is 7.46. The van der Waals surface area contributed by atoms with E-state index in [1.54, 1.807) is 6.07 Å². The first-order chi connectivity index (χ1) is 8.06. The number of carbonyl (C=O) groups excluding carboxylic acids is 2. The van der Waals surface area contributed by atoms with Gasteiger partial charge in [0.2, 0.25) is 0 Å². The second-order valence-corrected chi connectivity index (χ2v) is 4.31. The Morgan fingerprint density at radius 2 is 1.88 bits per heavy atom. The van der Waals surface area contributed by atoms with Gasteiger partial charge in [-0.05, 0) is 18.1 Å². The van der Waals surface area contributed by atoms with Crippen LogP contribution in [0.2, 0.25) is 0 Å². The highest BCUT2D eigenvalue weighted by atomic mass is 16.2. The van der Waals surface area contributed by atoms with Crippen molar-refractivity contribution in [3.05, 3.63) is 35.4 Å². The Morgan fingerprint density at radius 1 is 1.24 bits per heavy atom. The molecule has 0 aromatic heterocycles. The Labute approximate surface area is 102 Å². The number of aryl methyl sites for hydroxylation is 1. The van der Waals surface area contributed by atoms with Crippen molar-refractivity contribution in [2.45, 2.75) is 27.2 Å². The molecule has 0 atom stereocenters. The number of hydrogen-bond donors (Lipinski definition) is 1. The lowest BCUT2D eigenvalue weighted by Crippen LogP contribution is -2.32. The molecule has 1 rings (SSSR count). The van der Waals surface area contributed by atoms with Crippen molar-refractivity contribution < 1.29 is 9.59 Å². The van der Waals surface area contributed by atoms with Gasteiger partial charge < -0.3 is 5.32 Å². The molecule has 0 saturated carbocycles. The van der Waals surface area contributed by atoms with Gasteiger partial charge in [0.15, 0.2) is 5.78 Å². The van der Waals surface area contributed by atoms with Gasteiger partial charge in [-0.2, -0.15) is 0 Å². The third-order valence-corrected chi connectivity index (χ3v) is 2.71. The van der Waals surface area contributed by atoms with E-state index in [2.05, 4.69) is 5.32 Å². The SMILES string of the molecule is CCc1ccccc1C(=O)NCC(=O)C(C)C. The lowest BCUT2D eigenvalue weighted by molar-refractivity contribution is -0.120.